The zero-order valence-corrected chi connectivity index (χ0v) is 11.4. The third-order valence-electron chi connectivity index (χ3n) is 3.39. The van der Waals surface area contributed by atoms with Crippen LogP contribution in [0, 0.1) is 0 Å². The second-order valence-electron chi connectivity index (χ2n) is 5.14. The Morgan fingerprint density at radius 3 is 2.95 bits per heavy atom. The summed E-state index contributed by atoms with van der Waals surface area (Å²) in [5.41, 5.74) is 2.30. The van der Waals surface area contributed by atoms with Crippen molar-refractivity contribution in [2.45, 2.75) is 38.8 Å². The van der Waals surface area contributed by atoms with E-state index in [2.05, 4.69) is 41.5 Å². The molecule has 1 heterocycles. The van der Waals surface area contributed by atoms with Crippen LogP contribution in [0.2, 0.25) is 0 Å². The fourth-order valence-electron chi connectivity index (χ4n) is 2.19. The lowest BCUT2D eigenvalue weighted by molar-refractivity contribution is 0.306. The maximum Gasteiger partial charge on any atom is 0.214 e. The number of aromatic nitrogens is 1. The van der Waals surface area contributed by atoms with Gasteiger partial charge in [-0.25, -0.2) is 4.98 Å². The first-order valence-electron chi connectivity index (χ1n) is 7.11. The Bertz CT molecular complexity index is 564. The van der Waals surface area contributed by atoms with Crippen LogP contribution in [-0.2, 0) is 6.54 Å². The maximum atomic E-state index is 5.69. The fourth-order valence-corrected chi connectivity index (χ4v) is 2.19. The number of hydrogen-bond donors (Lipinski definition) is 1. The number of nitrogens with zero attached hydrogens (tertiary/aromatic N) is 1. The molecule has 0 amide bonds. The summed E-state index contributed by atoms with van der Waals surface area (Å²) in [5, 5.41) is 4.79. The monoisotopic (exact) mass is 256 g/mol. The second kappa shape index (κ2) is 5.57. The third-order valence-corrected chi connectivity index (χ3v) is 3.39. The maximum absolute atomic E-state index is 5.69. The molecule has 0 aliphatic heterocycles. The van der Waals surface area contributed by atoms with Crippen LogP contribution >= 0.6 is 0 Å². The Kier molecular flexibility index (Phi) is 3.65. The van der Waals surface area contributed by atoms with Crippen LogP contribution in [0.5, 0.6) is 5.88 Å². The summed E-state index contributed by atoms with van der Waals surface area (Å²) in [4.78, 5) is 4.57. The Balaban J connectivity index is 1.90. The molecule has 1 aliphatic carbocycles. The lowest BCUT2D eigenvalue weighted by Gasteiger charge is -2.11. The molecule has 1 N–H and O–H groups in total. The van der Waals surface area contributed by atoms with E-state index in [1.165, 1.54) is 23.8 Å². The highest BCUT2D eigenvalue weighted by molar-refractivity contribution is 5.82. The molecule has 1 aromatic heterocycles. The molecule has 1 saturated carbocycles. The van der Waals surface area contributed by atoms with Crippen molar-refractivity contribution in [2.75, 3.05) is 6.61 Å². The molecule has 3 rings (SSSR count). The van der Waals surface area contributed by atoms with Crippen molar-refractivity contribution in [3.8, 4) is 5.88 Å². The number of hydrogen-bond acceptors (Lipinski definition) is 3. The molecule has 2 aromatic rings. The molecule has 0 bridgehead atoms. The molecule has 1 fully saturated rings. The summed E-state index contributed by atoms with van der Waals surface area (Å²) in [5.74, 6) is 0.744. The first-order chi connectivity index (χ1) is 9.36. The van der Waals surface area contributed by atoms with E-state index in [0.29, 0.717) is 6.04 Å². The second-order valence-corrected chi connectivity index (χ2v) is 5.14. The summed E-state index contributed by atoms with van der Waals surface area (Å²) in [6.45, 7) is 3.73. The van der Waals surface area contributed by atoms with E-state index >= 15 is 0 Å². The van der Waals surface area contributed by atoms with Crippen molar-refractivity contribution in [2.24, 2.45) is 0 Å². The van der Waals surface area contributed by atoms with Crippen LogP contribution in [-0.4, -0.2) is 17.6 Å². The van der Waals surface area contributed by atoms with Crippen LogP contribution in [0.15, 0.2) is 30.3 Å². The fraction of sp³-hybridized carbons (Fsp3) is 0.438. The largest absolute Gasteiger partial charge is 0.478 e. The minimum atomic E-state index is 0.715. The third kappa shape index (κ3) is 3.04. The van der Waals surface area contributed by atoms with E-state index in [1.807, 2.05) is 6.07 Å². The van der Waals surface area contributed by atoms with Crippen molar-refractivity contribution in [3.05, 3.63) is 35.9 Å². The molecule has 1 aliphatic rings. The number of benzene rings is 1. The van der Waals surface area contributed by atoms with Crippen molar-refractivity contribution in [1.29, 1.82) is 0 Å². The first kappa shape index (κ1) is 12.4. The number of fused-ring (bicyclic) bond motifs is 1. The van der Waals surface area contributed by atoms with Gasteiger partial charge in [-0.3, -0.25) is 0 Å². The van der Waals surface area contributed by atoms with E-state index < -0.39 is 0 Å². The quantitative estimate of drug-likeness (QED) is 0.861. The highest BCUT2D eigenvalue weighted by atomic mass is 16.5. The molecule has 0 saturated heterocycles. The van der Waals surface area contributed by atoms with Crippen LogP contribution in [0.3, 0.4) is 0 Å². The summed E-state index contributed by atoms with van der Waals surface area (Å²) in [6, 6.07) is 11.1. The Morgan fingerprint density at radius 2 is 2.16 bits per heavy atom. The molecular formula is C16H20N2O. The van der Waals surface area contributed by atoms with Gasteiger partial charge in [-0.2, -0.15) is 0 Å². The highest BCUT2D eigenvalue weighted by Gasteiger charge is 2.20. The van der Waals surface area contributed by atoms with E-state index in [-0.39, 0.29) is 0 Å². The minimum absolute atomic E-state index is 0.715. The van der Waals surface area contributed by atoms with Crippen LogP contribution in [0.4, 0.5) is 0 Å². The predicted molar refractivity (Wildman–Crippen MR) is 77.4 cm³/mol. The Morgan fingerprint density at radius 1 is 1.32 bits per heavy atom. The van der Waals surface area contributed by atoms with E-state index in [9.17, 15) is 0 Å². The number of para-hydroxylation sites is 1. The van der Waals surface area contributed by atoms with E-state index in [0.717, 1.165) is 31.0 Å². The highest BCUT2D eigenvalue weighted by Crippen LogP contribution is 2.24. The van der Waals surface area contributed by atoms with Crippen LogP contribution < -0.4 is 10.1 Å². The molecule has 0 radical (unpaired) electrons. The molecule has 19 heavy (non-hydrogen) atoms. The van der Waals surface area contributed by atoms with Crippen molar-refractivity contribution in [3.63, 3.8) is 0 Å². The van der Waals surface area contributed by atoms with Gasteiger partial charge < -0.3 is 10.1 Å². The molecule has 0 atom stereocenters. The predicted octanol–water partition coefficient (Wildman–Crippen LogP) is 3.28. The molecule has 3 heteroatoms. The number of nitrogens with one attached hydrogen (secondary N) is 1. The lowest BCUT2D eigenvalue weighted by atomic mass is 10.1. The summed E-state index contributed by atoms with van der Waals surface area (Å²) in [7, 11) is 0. The average Bonchev–Trinajstić information content (AvgIpc) is 3.26. The normalized spacial score (nSPS) is 14.8. The SMILES string of the molecule is CCCOc1cc(CNC2CC2)c2ccccc2n1. The summed E-state index contributed by atoms with van der Waals surface area (Å²) in [6.07, 6.45) is 3.62. The van der Waals surface area contributed by atoms with Gasteiger partial charge in [0.15, 0.2) is 0 Å². The zero-order chi connectivity index (χ0) is 13.1. The zero-order valence-electron chi connectivity index (χ0n) is 11.4. The van der Waals surface area contributed by atoms with Gasteiger partial charge in [-0.15, -0.1) is 0 Å². The van der Waals surface area contributed by atoms with Gasteiger partial charge in [-0.05, 0) is 30.9 Å². The topological polar surface area (TPSA) is 34.1 Å². The Hall–Kier alpha value is -1.61. The molecule has 100 valence electrons. The van der Waals surface area contributed by atoms with Gasteiger partial charge in [0.2, 0.25) is 5.88 Å². The first-order valence-corrected chi connectivity index (χ1v) is 7.11. The molecule has 1 aromatic carbocycles. The van der Waals surface area contributed by atoms with Crippen LogP contribution in [0.1, 0.15) is 31.7 Å². The van der Waals surface area contributed by atoms with E-state index in [4.69, 9.17) is 4.74 Å². The van der Waals surface area contributed by atoms with Crippen LogP contribution in [0.25, 0.3) is 10.9 Å². The van der Waals surface area contributed by atoms with E-state index in [1.54, 1.807) is 0 Å². The smallest absolute Gasteiger partial charge is 0.214 e. The van der Waals surface area contributed by atoms with Crippen molar-refractivity contribution < 1.29 is 4.74 Å². The average molecular weight is 256 g/mol. The van der Waals surface area contributed by atoms with Gasteiger partial charge in [0, 0.05) is 24.0 Å². The minimum Gasteiger partial charge on any atom is -0.478 e. The number of rotatable bonds is 6. The Labute approximate surface area is 114 Å². The van der Waals surface area contributed by atoms with Gasteiger partial charge in [0.25, 0.3) is 0 Å². The molecular weight excluding hydrogens is 236 g/mol. The van der Waals surface area contributed by atoms with Crippen molar-refractivity contribution >= 4 is 10.9 Å². The van der Waals surface area contributed by atoms with Crippen molar-refractivity contribution in [1.82, 2.24) is 10.3 Å². The number of ether oxygens (including phenoxy) is 1. The molecule has 0 unspecified atom stereocenters. The summed E-state index contributed by atoms with van der Waals surface area (Å²) < 4.78 is 5.69. The number of pyridine rings is 1. The van der Waals surface area contributed by atoms with Gasteiger partial charge in [0.05, 0.1) is 12.1 Å². The molecule has 0 spiro atoms. The summed E-state index contributed by atoms with van der Waals surface area (Å²) >= 11 is 0. The van der Waals surface area contributed by atoms with Gasteiger partial charge in [0.1, 0.15) is 0 Å². The standard InChI is InChI=1S/C16H20N2O/c1-2-9-19-16-10-12(11-17-13-7-8-13)14-5-3-4-6-15(14)18-16/h3-6,10,13,17H,2,7-9,11H2,1H3. The van der Waals surface area contributed by atoms with Gasteiger partial charge in [-0.1, -0.05) is 25.1 Å². The lowest BCUT2D eigenvalue weighted by Crippen LogP contribution is -2.15. The molecule has 3 nitrogen and oxygen atoms in total. The van der Waals surface area contributed by atoms with Gasteiger partial charge >= 0.3 is 0 Å².